The van der Waals surface area contributed by atoms with Crippen LogP contribution in [-0.2, 0) is 16.0 Å². The van der Waals surface area contributed by atoms with Gasteiger partial charge in [0, 0.05) is 0 Å². The Morgan fingerprint density at radius 1 is 1.04 bits per heavy atom. The molecule has 2 aromatic rings. The molecule has 1 aliphatic rings. The molecule has 124 valence electrons. The number of nitrogens with one attached hydrogen (secondary N) is 2. The topological polar surface area (TPSA) is 76.7 Å². The minimum Gasteiger partial charge on any atom is -0.485 e. The smallest absolute Gasteiger partial charge is 0.283 e. The fraction of sp³-hybridized carbons (Fsp3) is 0.176. The maximum Gasteiger partial charge on any atom is 0.283 e. The Morgan fingerprint density at radius 2 is 1.75 bits per heavy atom. The molecular weight excluding hydrogens is 315 g/mol. The second-order valence-corrected chi connectivity index (χ2v) is 5.17. The van der Waals surface area contributed by atoms with Crippen molar-refractivity contribution in [3.8, 4) is 11.5 Å². The van der Waals surface area contributed by atoms with Gasteiger partial charge in [0.1, 0.15) is 12.4 Å². The summed E-state index contributed by atoms with van der Waals surface area (Å²) >= 11 is 0. The van der Waals surface area contributed by atoms with Crippen LogP contribution in [0.25, 0.3) is 0 Å². The Bertz CT molecular complexity index is 766. The lowest BCUT2D eigenvalue weighted by molar-refractivity contribution is -0.134. The number of carbonyl (C=O) groups excluding carboxylic acids is 2. The zero-order valence-electron chi connectivity index (χ0n) is 12.6. The molecule has 0 saturated heterocycles. The zero-order valence-corrected chi connectivity index (χ0v) is 12.6. The average molecular weight is 330 g/mol. The van der Waals surface area contributed by atoms with Crippen LogP contribution in [0.15, 0.2) is 48.5 Å². The highest BCUT2D eigenvalue weighted by Crippen LogP contribution is 2.30. The van der Waals surface area contributed by atoms with Crippen LogP contribution in [0.4, 0.5) is 4.39 Å². The summed E-state index contributed by atoms with van der Waals surface area (Å²) < 4.78 is 24.4. The van der Waals surface area contributed by atoms with Crippen molar-refractivity contribution in [1.29, 1.82) is 0 Å². The van der Waals surface area contributed by atoms with Gasteiger partial charge in [-0.3, -0.25) is 20.4 Å². The van der Waals surface area contributed by atoms with E-state index in [0.717, 1.165) is 0 Å². The average Bonchev–Trinajstić information content (AvgIpc) is 2.61. The van der Waals surface area contributed by atoms with Gasteiger partial charge in [-0.1, -0.05) is 30.3 Å². The van der Waals surface area contributed by atoms with Crippen LogP contribution in [0, 0.1) is 5.82 Å². The van der Waals surface area contributed by atoms with Crippen LogP contribution in [0.2, 0.25) is 0 Å². The summed E-state index contributed by atoms with van der Waals surface area (Å²) in [6.45, 7) is 0.0338. The van der Waals surface area contributed by atoms with Gasteiger partial charge in [-0.15, -0.1) is 0 Å². The first kappa shape index (κ1) is 15.8. The van der Waals surface area contributed by atoms with E-state index in [1.54, 1.807) is 30.3 Å². The number of fused-ring (bicyclic) bond motifs is 1. The molecular formula is C17H15FN2O4. The molecule has 6 nitrogen and oxygen atoms in total. The third-order valence-electron chi connectivity index (χ3n) is 3.43. The molecule has 0 aliphatic carbocycles. The molecule has 0 aromatic heterocycles. The van der Waals surface area contributed by atoms with Crippen LogP contribution < -0.4 is 20.3 Å². The van der Waals surface area contributed by atoms with Crippen molar-refractivity contribution < 1.29 is 23.5 Å². The number of hydrogen-bond acceptors (Lipinski definition) is 4. The lowest BCUT2D eigenvalue weighted by Gasteiger charge is -2.25. The number of halogens is 1. The van der Waals surface area contributed by atoms with Crippen molar-refractivity contribution in [2.75, 3.05) is 6.61 Å². The van der Waals surface area contributed by atoms with Crippen LogP contribution >= 0.6 is 0 Å². The van der Waals surface area contributed by atoms with Gasteiger partial charge >= 0.3 is 0 Å². The van der Waals surface area contributed by atoms with Crippen LogP contribution in [-0.4, -0.2) is 24.5 Å². The van der Waals surface area contributed by atoms with E-state index in [9.17, 15) is 14.0 Å². The van der Waals surface area contributed by atoms with E-state index < -0.39 is 23.7 Å². The molecule has 0 spiro atoms. The maximum atomic E-state index is 13.5. The molecule has 2 amide bonds. The summed E-state index contributed by atoms with van der Waals surface area (Å²) in [5.74, 6) is -0.539. The second-order valence-electron chi connectivity index (χ2n) is 5.17. The Balaban J connectivity index is 1.51. The summed E-state index contributed by atoms with van der Waals surface area (Å²) in [5, 5.41) is 0. The van der Waals surface area contributed by atoms with Gasteiger partial charge in [-0.05, 0) is 23.8 Å². The van der Waals surface area contributed by atoms with Crippen molar-refractivity contribution >= 4 is 11.8 Å². The molecule has 1 aliphatic heterocycles. The van der Waals surface area contributed by atoms with E-state index in [1.165, 1.54) is 18.2 Å². The van der Waals surface area contributed by atoms with Gasteiger partial charge in [0.15, 0.2) is 11.5 Å². The van der Waals surface area contributed by atoms with Gasteiger partial charge in [0.25, 0.3) is 5.91 Å². The fourth-order valence-electron chi connectivity index (χ4n) is 2.22. The molecule has 0 saturated carbocycles. The molecule has 0 radical (unpaired) electrons. The largest absolute Gasteiger partial charge is 0.485 e. The van der Waals surface area contributed by atoms with Crippen LogP contribution in [0.1, 0.15) is 5.56 Å². The minimum absolute atomic E-state index is 0.0338. The highest BCUT2D eigenvalue weighted by Gasteiger charge is 2.27. The van der Waals surface area contributed by atoms with Crippen LogP contribution in [0.5, 0.6) is 11.5 Å². The molecule has 0 unspecified atom stereocenters. The highest BCUT2D eigenvalue weighted by atomic mass is 19.1. The number of para-hydroxylation sites is 2. The minimum atomic E-state index is -0.881. The predicted molar refractivity (Wildman–Crippen MR) is 82.7 cm³/mol. The van der Waals surface area contributed by atoms with Crippen molar-refractivity contribution in [2.45, 2.75) is 12.5 Å². The van der Waals surface area contributed by atoms with E-state index in [1.807, 2.05) is 0 Å². The Hall–Kier alpha value is -3.09. The molecule has 0 fully saturated rings. The highest BCUT2D eigenvalue weighted by molar-refractivity contribution is 5.86. The summed E-state index contributed by atoms with van der Waals surface area (Å²) in [4.78, 5) is 23.8. The Labute approximate surface area is 137 Å². The number of carbonyl (C=O) groups is 2. The second kappa shape index (κ2) is 6.99. The van der Waals surface area contributed by atoms with Gasteiger partial charge in [0.2, 0.25) is 12.0 Å². The first-order valence-electron chi connectivity index (χ1n) is 7.34. The van der Waals surface area contributed by atoms with Crippen LogP contribution in [0.3, 0.4) is 0 Å². The summed E-state index contributed by atoms with van der Waals surface area (Å²) in [5.41, 5.74) is 4.74. The Kier molecular flexibility index (Phi) is 4.60. The molecule has 2 N–H and O–H groups in total. The third kappa shape index (κ3) is 3.62. The zero-order chi connectivity index (χ0) is 16.9. The number of ether oxygens (including phenoxy) is 2. The number of benzene rings is 2. The monoisotopic (exact) mass is 330 g/mol. The number of rotatable bonds is 3. The lowest BCUT2D eigenvalue weighted by Crippen LogP contribution is -2.51. The number of hydrazine groups is 1. The Morgan fingerprint density at radius 3 is 2.54 bits per heavy atom. The fourth-order valence-corrected chi connectivity index (χ4v) is 2.22. The molecule has 2 aromatic carbocycles. The summed E-state index contributed by atoms with van der Waals surface area (Å²) in [6.07, 6.45) is -1.06. The van der Waals surface area contributed by atoms with Gasteiger partial charge in [-0.25, -0.2) is 4.39 Å². The van der Waals surface area contributed by atoms with Gasteiger partial charge < -0.3 is 9.47 Å². The van der Waals surface area contributed by atoms with E-state index >= 15 is 0 Å². The summed E-state index contributed by atoms with van der Waals surface area (Å²) in [6, 6.07) is 12.9. The lowest BCUT2D eigenvalue weighted by atomic mass is 10.1. The molecule has 7 heteroatoms. The third-order valence-corrected chi connectivity index (χ3v) is 3.43. The van der Waals surface area contributed by atoms with E-state index in [4.69, 9.17) is 9.47 Å². The van der Waals surface area contributed by atoms with Crippen molar-refractivity contribution in [3.63, 3.8) is 0 Å². The normalized spacial score (nSPS) is 15.5. The van der Waals surface area contributed by atoms with Crippen molar-refractivity contribution in [1.82, 2.24) is 10.9 Å². The standard InChI is InChI=1S/C17H15FN2O4/c18-12-6-2-1-5-11(12)9-16(21)19-20-17(22)15-10-23-13-7-3-4-8-14(13)24-15/h1-8,15H,9-10H2,(H,19,21)(H,20,22)/t15-/m1/s1. The van der Waals surface area contributed by atoms with E-state index in [2.05, 4.69) is 10.9 Å². The first-order valence-corrected chi connectivity index (χ1v) is 7.34. The molecule has 1 atom stereocenters. The van der Waals surface area contributed by atoms with Crippen molar-refractivity contribution in [2.24, 2.45) is 0 Å². The SMILES string of the molecule is O=C(Cc1ccccc1F)NNC(=O)[C@H]1COc2ccccc2O1. The van der Waals surface area contributed by atoms with E-state index in [0.29, 0.717) is 11.5 Å². The van der Waals surface area contributed by atoms with Crippen molar-refractivity contribution in [3.05, 3.63) is 59.9 Å². The maximum absolute atomic E-state index is 13.5. The van der Waals surface area contributed by atoms with Gasteiger partial charge in [-0.2, -0.15) is 0 Å². The summed E-state index contributed by atoms with van der Waals surface area (Å²) in [7, 11) is 0. The predicted octanol–water partition coefficient (Wildman–Crippen LogP) is 1.36. The first-order chi connectivity index (χ1) is 11.6. The molecule has 24 heavy (non-hydrogen) atoms. The number of hydrogen-bond donors (Lipinski definition) is 2. The van der Waals surface area contributed by atoms with E-state index in [-0.39, 0.29) is 18.6 Å². The quantitative estimate of drug-likeness (QED) is 0.833. The molecule has 3 rings (SSSR count). The number of amides is 2. The molecule has 1 heterocycles. The van der Waals surface area contributed by atoms with Gasteiger partial charge in [0.05, 0.1) is 6.42 Å². The molecule has 0 bridgehead atoms.